The summed E-state index contributed by atoms with van der Waals surface area (Å²) in [5.74, 6) is 0.921. The lowest BCUT2D eigenvalue weighted by Gasteiger charge is -2.09. The zero-order valence-electron chi connectivity index (χ0n) is 8.96. The van der Waals surface area contributed by atoms with E-state index in [4.69, 9.17) is 0 Å². The van der Waals surface area contributed by atoms with Gasteiger partial charge in [0, 0.05) is 18.3 Å². The van der Waals surface area contributed by atoms with E-state index < -0.39 is 0 Å². The molecule has 1 aromatic heterocycles. The highest BCUT2D eigenvalue weighted by Crippen LogP contribution is 2.35. The van der Waals surface area contributed by atoms with Gasteiger partial charge in [0.1, 0.15) is 5.82 Å². The maximum atomic E-state index is 11.7. The molecule has 3 heteroatoms. The number of nitrogens with zero attached hydrogens (tertiary/aromatic N) is 2. The van der Waals surface area contributed by atoms with Crippen LogP contribution in [0.2, 0.25) is 0 Å². The molecule has 1 atom stereocenters. The topological polar surface area (TPSA) is 33.2 Å². The summed E-state index contributed by atoms with van der Waals surface area (Å²) in [5, 5.41) is 0. The van der Waals surface area contributed by atoms with E-state index in [1.165, 1.54) is 0 Å². The summed E-state index contributed by atoms with van der Waals surface area (Å²) in [6.07, 6.45) is 0. The first-order valence-electron chi connectivity index (χ1n) is 4.78. The molecule has 3 nitrogen and oxygen atoms in total. The van der Waals surface area contributed by atoms with Crippen LogP contribution in [-0.4, -0.2) is 17.9 Å². The molecular weight excluding hydrogens is 176 g/mol. The molecule has 1 amide bonds. The first kappa shape index (κ1) is 9.19. The summed E-state index contributed by atoms with van der Waals surface area (Å²) in [4.78, 5) is 17.8. The fraction of sp³-hybridized carbons (Fsp3) is 0.455. The summed E-state index contributed by atoms with van der Waals surface area (Å²) in [7, 11) is 1.78. The molecule has 2 heterocycles. The van der Waals surface area contributed by atoms with Crippen molar-refractivity contribution >= 4 is 11.7 Å². The SMILES string of the molecule is Cc1cc2c(nc1C)N(C)C(=O)C2C. The molecule has 1 aromatic rings. The van der Waals surface area contributed by atoms with E-state index >= 15 is 0 Å². The third-order valence-corrected chi connectivity index (χ3v) is 2.96. The van der Waals surface area contributed by atoms with Crippen molar-refractivity contribution in [2.75, 3.05) is 11.9 Å². The molecule has 0 bridgehead atoms. The van der Waals surface area contributed by atoms with Crippen molar-refractivity contribution in [3.8, 4) is 0 Å². The average Bonchev–Trinajstić information content (AvgIpc) is 2.34. The van der Waals surface area contributed by atoms with Gasteiger partial charge in [-0.3, -0.25) is 9.69 Å². The van der Waals surface area contributed by atoms with Gasteiger partial charge in [0.15, 0.2) is 0 Å². The summed E-state index contributed by atoms with van der Waals surface area (Å²) in [6.45, 7) is 5.93. The smallest absolute Gasteiger partial charge is 0.235 e. The third-order valence-electron chi connectivity index (χ3n) is 2.96. The number of carbonyl (C=O) groups excluding carboxylic acids is 1. The van der Waals surface area contributed by atoms with Gasteiger partial charge in [-0.25, -0.2) is 4.98 Å². The lowest BCUT2D eigenvalue weighted by molar-refractivity contribution is -0.118. The van der Waals surface area contributed by atoms with Gasteiger partial charge in [-0.15, -0.1) is 0 Å². The van der Waals surface area contributed by atoms with Crippen LogP contribution in [0.15, 0.2) is 6.07 Å². The Kier molecular flexibility index (Phi) is 1.84. The number of carbonyl (C=O) groups is 1. The van der Waals surface area contributed by atoms with Crippen molar-refractivity contribution in [1.82, 2.24) is 4.98 Å². The number of amides is 1. The normalized spacial score (nSPS) is 20.1. The van der Waals surface area contributed by atoms with E-state index in [0.29, 0.717) is 0 Å². The first-order chi connectivity index (χ1) is 6.52. The lowest BCUT2D eigenvalue weighted by atomic mass is 10.0. The molecule has 0 spiro atoms. The molecule has 1 aliphatic rings. The van der Waals surface area contributed by atoms with Crippen LogP contribution >= 0.6 is 0 Å². The van der Waals surface area contributed by atoms with E-state index in [-0.39, 0.29) is 11.8 Å². The third kappa shape index (κ3) is 1.05. The van der Waals surface area contributed by atoms with Gasteiger partial charge in [-0.2, -0.15) is 0 Å². The predicted octanol–water partition coefficient (Wildman–Crippen LogP) is 1.78. The number of rotatable bonds is 0. The van der Waals surface area contributed by atoms with Gasteiger partial charge >= 0.3 is 0 Å². The van der Waals surface area contributed by atoms with Crippen LogP contribution in [0, 0.1) is 13.8 Å². The van der Waals surface area contributed by atoms with Crippen LogP contribution in [0.3, 0.4) is 0 Å². The molecule has 0 aliphatic carbocycles. The Morgan fingerprint density at radius 1 is 1.43 bits per heavy atom. The zero-order valence-corrected chi connectivity index (χ0v) is 8.96. The minimum Gasteiger partial charge on any atom is -0.299 e. The molecule has 14 heavy (non-hydrogen) atoms. The molecule has 1 aliphatic heterocycles. The molecule has 0 N–H and O–H groups in total. The Morgan fingerprint density at radius 2 is 2.07 bits per heavy atom. The van der Waals surface area contributed by atoms with Crippen LogP contribution in [0.1, 0.15) is 29.7 Å². The van der Waals surface area contributed by atoms with E-state index in [1.807, 2.05) is 20.8 Å². The van der Waals surface area contributed by atoms with Crippen molar-refractivity contribution in [1.29, 1.82) is 0 Å². The quantitative estimate of drug-likeness (QED) is 0.624. The Morgan fingerprint density at radius 3 is 2.71 bits per heavy atom. The average molecular weight is 190 g/mol. The minimum absolute atomic E-state index is 0.0400. The highest BCUT2D eigenvalue weighted by atomic mass is 16.2. The van der Waals surface area contributed by atoms with Crippen molar-refractivity contribution in [2.24, 2.45) is 0 Å². The second-order valence-corrected chi connectivity index (χ2v) is 3.92. The van der Waals surface area contributed by atoms with Crippen molar-refractivity contribution < 1.29 is 4.79 Å². The molecule has 0 saturated heterocycles. The van der Waals surface area contributed by atoms with E-state index in [2.05, 4.69) is 11.1 Å². The second kappa shape index (κ2) is 2.80. The fourth-order valence-electron chi connectivity index (χ4n) is 1.83. The molecule has 1 unspecified atom stereocenters. The largest absolute Gasteiger partial charge is 0.299 e. The number of anilines is 1. The first-order valence-corrected chi connectivity index (χ1v) is 4.78. The Bertz CT molecular complexity index is 375. The van der Waals surface area contributed by atoms with Gasteiger partial charge in [-0.05, 0) is 32.4 Å². The van der Waals surface area contributed by atoms with Crippen LogP contribution in [0.4, 0.5) is 5.82 Å². The van der Waals surface area contributed by atoms with E-state index in [9.17, 15) is 4.79 Å². The summed E-state index contributed by atoms with van der Waals surface area (Å²) in [5.41, 5.74) is 3.21. The molecule has 0 saturated carbocycles. The number of likely N-dealkylation sites (N-methyl/N-ethyl adjacent to an activating group) is 1. The van der Waals surface area contributed by atoms with Crippen LogP contribution < -0.4 is 4.90 Å². The molecule has 0 aromatic carbocycles. The number of aromatic nitrogens is 1. The number of fused-ring (bicyclic) bond motifs is 1. The Balaban J connectivity index is 2.64. The number of pyridine rings is 1. The second-order valence-electron chi connectivity index (χ2n) is 3.92. The van der Waals surface area contributed by atoms with Gasteiger partial charge in [0.2, 0.25) is 5.91 Å². The Hall–Kier alpha value is -1.38. The molecular formula is C11H14N2O. The number of hydrogen-bond donors (Lipinski definition) is 0. The molecule has 0 fully saturated rings. The number of hydrogen-bond acceptors (Lipinski definition) is 2. The van der Waals surface area contributed by atoms with Crippen molar-refractivity contribution in [2.45, 2.75) is 26.7 Å². The van der Waals surface area contributed by atoms with E-state index in [0.717, 1.165) is 22.6 Å². The minimum atomic E-state index is -0.0400. The highest BCUT2D eigenvalue weighted by Gasteiger charge is 2.33. The van der Waals surface area contributed by atoms with Crippen LogP contribution in [-0.2, 0) is 4.79 Å². The molecule has 0 radical (unpaired) electrons. The van der Waals surface area contributed by atoms with Gasteiger partial charge < -0.3 is 0 Å². The van der Waals surface area contributed by atoms with Gasteiger partial charge in [-0.1, -0.05) is 0 Å². The highest BCUT2D eigenvalue weighted by molar-refractivity contribution is 6.03. The van der Waals surface area contributed by atoms with Gasteiger partial charge in [0.05, 0.1) is 5.92 Å². The van der Waals surface area contributed by atoms with Crippen molar-refractivity contribution in [3.05, 3.63) is 22.9 Å². The molecule has 2 rings (SSSR count). The maximum Gasteiger partial charge on any atom is 0.235 e. The number of aryl methyl sites for hydroxylation is 2. The van der Waals surface area contributed by atoms with Crippen molar-refractivity contribution in [3.63, 3.8) is 0 Å². The summed E-state index contributed by atoms with van der Waals surface area (Å²) >= 11 is 0. The summed E-state index contributed by atoms with van der Waals surface area (Å²) < 4.78 is 0. The predicted molar refractivity (Wildman–Crippen MR) is 55.5 cm³/mol. The van der Waals surface area contributed by atoms with E-state index in [1.54, 1.807) is 11.9 Å². The lowest BCUT2D eigenvalue weighted by Crippen LogP contribution is -2.23. The molecule has 74 valence electrons. The monoisotopic (exact) mass is 190 g/mol. The zero-order chi connectivity index (χ0) is 10.5. The van der Waals surface area contributed by atoms with Gasteiger partial charge in [0.25, 0.3) is 0 Å². The fourth-order valence-corrected chi connectivity index (χ4v) is 1.83. The Labute approximate surface area is 83.8 Å². The van der Waals surface area contributed by atoms with Crippen LogP contribution in [0.25, 0.3) is 0 Å². The van der Waals surface area contributed by atoms with Crippen LogP contribution in [0.5, 0.6) is 0 Å². The summed E-state index contributed by atoms with van der Waals surface area (Å²) in [6, 6.07) is 2.07. The standard InChI is InChI=1S/C11H14N2O/c1-6-5-9-7(2)11(14)13(4)10(9)12-8(6)3/h5,7H,1-4H3. The maximum absolute atomic E-state index is 11.7.